The number of nitrogens with one attached hydrogen (secondary N) is 1. The third-order valence-corrected chi connectivity index (χ3v) is 1.24. The lowest BCUT2D eigenvalue weighted by Gasteiger charge is -1.83. The fourth-order valence-corrected chi connectivity index (χ4v) is 0.801. The highest BCUT2D eigenvalue weighted by molar-refractivity contribution is 5.17. The number of hydrogen-bond donors (Lipinski definition) is 1. The lowest BCUT2D eigenvalue weighted by molar-refractivity contribution is 0.862. The van der Waals surface area contributed by atoms with E-state index in [4.69, 9.17) is 5.26 Å². The van der Waals surface area contributed by atoms with Crippen LogP contribution >= 0.6 is 0 Å². The van der Waals surface area contributed by atoms with Crippen molar-refractivity contribution < 1.29 is 0 Å². The molecule has 2 heteroatoms. The van der Waals surface area contributed by atoms with Crippen LogP contribution in [0.4, 0.5) is 0 Å². The summed E-state index contributed by atoms with van der Waals surface area (Å²) in [5.74, 6) is 0. The summed E-state index contributed by atoms with van der Waals surface area (Å²) in [4.78, 5) is 0. The summed E-state index contributed by atoms with van der Waals surface area (Å²) in [5.41, 5.74) is 1.23. The van der Waals surface area contributed by atoms with E-state index in [1.165, 1.54) is 5.57 Å². The molecule has 8 heavy (non-hydrogen) atoms. The van der Waals surface area contributed by atoms with Gasteiger partial charge in [0, 0.05) is 12.6 Å². The van der Waals surface area contributed by atoms with Crippen LogP contribution in [-0.4, -0.2) is 13.1 Å². The normalized spacial score (nSPS) is 23.6. The van der Waals surface area contributed by atoms with Crippen molar-refractivity contribution in [1.29, 1.82) is 5.26 Å². The summed E-state index contributed by atoms with van der Waals surface area (Å²) in [5, 5.41) is 11.3. The average molecular weight is 108 g/mol. The lowest BCUT2D eigenvalue weighted by atomic mass is 10.2. The first-order valence-corrected chi connectivity index (χ1v) is 2.72. The van der Waals surface area contributed by atoms with Gasteiger partial charge in [0.1, 0.15) is 0 Å². The van der Waals surface area contributed by atoms with Crippen molar-refractivity contribution in [2.45, 2.75) is 6.42 Å². The Kier molecular flexibility index (Phi) is 1.66. The summed E-state index contributed by atoms with van der Waals surface area (Å²) in [6.45, 7) is 1.95. The second-order valence-electron chi connectivity index (χ2n) is 1.86. The minimum absolute atomic E-state index is 0.910. The smallest absolute Gasteiger partial charge is 0.0912 e. The van der Waals surface area contributed by atoms with Crippen molar-refractivity contribution in [3.05, 3.63) is 11.6 Å². The highest BCUT2D eigenvalue weighted by Gasteiger charge is 2.02. The van der Waals surface area contributed by atoms with E-state index < -0.39 is 0 Å². The molecule has 0 aliphatic carbocycles. The molecule has 0 amide bonds. The molecule has 0 atom stereocenters. The van der Waals surface area contributed by atoms with Gasteiger partial charge in [-0.3, -0.25) is 0 Å². The SMILES string of the molecule is N#CC=C1CCNC1. The highest BCUT2D eigenvalue weighted by atomic mass is 14.9. The van der Waals surface area contributed by atoms with E-state index in [1.54, 1.807) is 6.08 Å². The Labute approximate surface area is 48.8 Å². The number of allylic oxidation sites excluding steroid dienone is 1. The fraction of sp³-hybridized carbons (Fsp3) is 0.500. The van der Waals surface area contributed by atoms with E-state index >= 15 is 0 Å². The quantitative estimate of drug-likeness (QED) is 0.457. The van der Waals surface area contributed by atoms with Crippen LogP contribution in [0.25, 0.3) is 0 Å². The second-order valence-corrected chi connectivity index (χ2v) is 1.86. The molecule has 2 nitrogen and oxygen atoms in total. The molecule has 1 fully saturated rings. The summed E-state index contributed by atoms with van der Waals surface area (Å²) in [6.07, 6.45) is 2.67. The molecule has 1 N–H and O–H groups in total. The van der Waals surface area contributed by atoms with Crippen molar-refractivity contribution in [3.63, 3.8) is 0 Å². The topological polar surface area (TPSA) is 35.8 Å². The van der Waals surface area contributed by atoms with Crippen LogP contribution in [0.5, 0.6) is 0 Å². The lowest BCUT2D eigenvalue weighted by Crippen LogP contribution is -2.04. The van der Waals surface area contributed by atoms with Crippen LogP contribution < -0.4 is 5.32 Å². The maximum atomic E-state index is 8.17. The highest BCUT2D eigenvalue weighted by Crippen LogP contribution is 2.03. The molecule has 0 aromatic heterocycles. The molecule has 42 valence electrons. The first-order valence-electron chi connectivity index (χ1n) is 2.72. The van der Waals surface area contributed by atoms with Crippen molar-refractivity contribution in [3.8, 4) is 6.07 Å². The van der Waals surface area contributed by atoms with Gasteiger partial charge in [-0.15, -0.1) is 0 Å². The average Bonchev–Trinajstić information content (AvgIpc) is 2.19. The third kappa shape index (κ3) is 1.08. The summed E-state index contributed by atoms with van der Waals surface area (Å²) in [6, 6.07) is 2.01. The van der Waals surface area contributed by atoms with Gasteiger partial charge in [-0.2, -0.15) is 5.26 Å². The number of hydrogen-bond acceptors (Lipinski definition) is 2. The van der Waals surface area contributed by atoms with Gasteiger partial charge in [-0.05, 0) is 18.5 Å². The van der Waals surface area contributed by atoms with Gasteiger partial charge in [0.15, 0.2) is 0 Å². The first-order chi connectivity index (χ1) is 3.93. The Morgan fingerprint density at radius 3 is 3.12 bits per heavy atom. The molecule has 0 aromatic rings. The van der Waals surface area contributed by atoms with Crippen LogP contribution in [0.15, 0.2) is 11.6 Å². The molecule has 1 rings (SSSR count). The van der Waals surface area contributed by atoms with E-state index in [9.17, 15) is 0 Å². The molecule has 1 aliphatic heterocycles. The molecule has 0 unspecified atom stereocenters. The van der Waals surface area contributed by atoms with Crippen LogP contribution in [0.3, 0.4) is 0 Å². The molecule has 0 bridgehead atoms. The van der Waals surface area contributed by atoms with E-state index in [0.29, 0.717) is 0 Å². The maximum Gasteiger partial charge on any atom is 0.0912 e. The first kappa shape index (κ1) is 5.33. The Bertz CT molecular complexity index is 133. The van der Waals surface area contributed by atoms with E-state index in [1.807, 2.05) is 6.07 Å². The minimum Gasteiger partial charge on any atom is -0.313 e. The predicted molar refractivity (Wildman–Crippen MR) is 31.2 cm³/mol. The standard InChI is InChI=1S/C6H8N2/c7-3-1-6-2-4-8-5-6/h1,8H,2,4-5H2. The van der Waals surface area contributed by atoms with Gasteiger partial charge in [-0.1, -0.05) is 0 Å². The Morgan fingerprint density at radius 1 is 1.75 bits per heavy atom. The minimum atomic E-state index is 0.910. The van der Waals surface area contributed by atoms with Crippen molar-refractivity contribution in [2.75, 3.05) is 13.1 Å². The van der Waals surface area contributed by atoms with Gasteiger partial charge in [-0.25, -0.2) is 0 Å². The third-order valence-electron chi connectivity index (χ3n) is 1.24. The van der Waals surface area contributed by atoms with Gasteiger partial charge >= 0.3 is 0 Å². The van der Waals surface area contributed by atoms with E-state index in [0.717, 1.165) is 19.5 Å². The zero-order chi connectivity index (χ0) is 5.82. The van der Waals surface area contributed by atoms with Crippen LogP contribution in [-0.2, 0) is 0 Å². The van der Waals surface area contributed by atoms with Crippen molar-refractivity contribution >= 4 is 0 Å². The molecular formula is C6H8N2. The van der Waals surface area contributed by atoms with E-state index in [-0.39, 0.29) is 0 Å². The van der Waals surface area contributed by atoms with Crippen LogP contribution in [0.2, 0.25) is 0 Å². The zero-order valence-electron chi connectivity index (χ0n) is 4.65. The van der Waals surface area contributed by atoms with E-state index in [2.05, 4.69) is 5.32 Å². The number of rotatable bonds is 0. The zero-order valence-corrected chi connectivity index (χ0v) is 4.65. The van der Waals surface area contributed by atoms with Gasteiger partial charge in [0.25, 0.3) is 0 Å². The predicted octanol–water partition coefficient (Wildman–Crippen LogP) is 0.430. The van der Waals surface area contributed by atoms with Crippen molar-refractivity contribution in [1.82, 2.24) is 5.32 Å². The molecule has 0 spiro atoms. The number of nitriles is 1. The van der Waals surface area contributed by atoms with Crippen molar-refractivity contribution in [2.24, 2.45) is 0 Å². The molecule has 1 heterocycles. The molecule has 1 saturated heterocycles. The van der Waals surface area contributed by atoms with Crippen LogP contribution in [0.1, 0.15) is 6.42 Å². The second kappa shape index (κ2) is 2.49. The van der Waals surface area contributed by atoms with Gasteiger partial charge in [0.2, 0.25) is 0 Å². The molecule has 0 radical (unpaired) electrons. The van der Waals surface area contributed by atoms with Gasteiger partial charge < -0.3 is 5.32 Å². The summed E-state index contributed by atoms with van der Waals surface area (Å²) < 4.78 is 0. The van der Waals surface area contributed by atoms with Gasteiger partial charge in [0.05, 0.1) is 6.07 Å². The molecule has 1 aliphatic rings. The van der Waals surface area contributed by atoms with Crippen LogP contribution in [0, 0.1) is 11.3 Å². The molecule has 0 aromatic carbocycles. The number of nitrogens with zero attached hydrogens (tertiary/aromatic N) is 1. The summed E-state index contributed by atoms with van der Waals surface area (Å²) in [7, 11) is 0. The monoisotopic (exact) mass is 108 g/mol. The molecular weight excluding hydrogens is 100 g/mol. The Balaban J connectivity index is 2.48. The Morgan fingerprint density at radius 2 is 2.62 bits per heavy atom. The maximum absolute atomic E-state index is 8.17. The Hall–Kier alpha value is -0.810. The molecule has 0 saturated carbocycles. The largest absolute Gasteiger partial charge is 0.313 e. The summed E-state index contributed by atoms with van der Waals surface area (Å²) >= 11 is 0. The fourth-order valence-electron chi connectivity index (χ4n) is 0.801.